The van der Waals surface area contributed by atoms with E-state index in [0.29, 0.717) is 11.8 Å². The number of esters is 2. The Hall–Kier alpha value is -1.69. The molecular weight excluding hydrogens is 546 g/mol. The van der Waals surface area contributed by atoms with Crippen LogP contribution in [0.15, 0.2) is 18.2 Å². The van der Waals surface area contributed by atoms with Gasteiger partial charge in [0, 0.05) is 5.02 Å². The number of ether oxygens (including phenoxy) is 2. The summed E-state index contributed by atoms with van der Waals surface area (Å²) in [7, 11) is 0. The van der Waals surface area contributed by atoms with Gasteiger partial charge in [0.2, 0.25) is 0 Å². The molecule has 0 saturated heterocycles. The van der Waals surface area contributed by atoms with Gasteiger partial charge in [0.05, 0.1) is 0 Å². The molecule has 0 bridgehead atoms. The molecule has 0 aliphatic heterocycles. The first-order valence-electron chi connectivity index (χ1n) is 16.3. The summed E-state index contributed by atoms with van der Waals surface area (Å²) in [6.45, 7) is 4.21. The highest BCUT2D eigenvalue weighted by Crippen LogP contribution is 2.41. The van der Waals surface area contributed by atoms with Gasteiger partial charge < -0.3 is 9.47 Å². The number of carbonyl (C=O) groups is 2. The van der Waals surface area contributed by atoms with Crippen molar-refractivity contribution >= 4 is 23.5 Å². The summed E-state index contributed by atoms with van der Waals surface area (Å²) in [5.41, 5.74) is 2.31. The van der Waals surface area contributed by atoms with Crippen LogP contribution in [0.25, 0.3) is 0 Å². The lowest BCUT2D eigenvalue weighted by molar-refractivity contribution is -0.157. The third-order valence-electron chi connectivity index (χ3n) is 8.98. The van der Waals surface area contributed by atoms with Crippen LogP contribution in [0.1, 0.15) is 152 Å². The van der Waals surface area contributed by atoms with Gasteiger partial charge in [-0.2, -0.15) is 0 Å². The molecule has 2 aliphatic rings. The quantitative estimate of drug-likeness (QED) is 0.141. The van der Waals surface area contributed by atoms with Crippen molar-refractivity contribution in [2.75, 3.05) is 0 Å². The first-order chi connectivity index (χ1) is 19.8. The molecule has 3 rings (SSSR count). The zero-order valence-corrected chi connectivity index (χ0v) is 25.9. The summed E-state index contributed by atoms with van der Waals surface area (Å²) >= 11 is 6.76. The first-order valence-corrected chi connectivity index (χ1v) is 16.7. The second-order valence-electron chi connectivity index (χ2n) is 12.2. The average molecular weight is 597 g/mol. The van der Waals surface area contributed by atoms with Crippen LogP contribution in [-0.2, 0) is 19.1 Å². The summed E-state index contributed by atoms with van der Waals surface area (Å²) in [4.78, 5) is 24.3. The predicted octanol–water partition coefficient (Wildman–Crippen LogP) is 10.1. The van der Waals surface area contributed by atoms with Crippen molar-refractivity contribution in [1.82, 2.24) is 0 Å². The van der Waals surface area contributed by atoms with E-state index in [2.05, 4.69) is 32.0 Å². The minimum Gasteiger partial charge on any atom is -0.460 e. The maximum atomic E-state index is 14.2. The Labute approximate surface area is 251 Å². The van der Waals surface area contributed by atoms with Crippen molar-refractivity contribution in [2.24, 2.45) is 0 Å². The molecule has 232 valence electrons. The van der Waals surface area contributed by atoms with Gasteiger partial charge in [0.25, 0.3) is 0 Å². The van der Waals surface area contributed by atoms with E-state index in [4.69, 9.17) is 21.1 Å². The monoisotopic (exact) mass is 596 g/mol. The molecule has 7 heteroatoms. The van der Waals surface area contributed by atoms with Gasteiger partial charge in [-0.05, 0) is 106 Å². The molecule has 0 aromatic heterocycles. The van der Waals surface area contributed by atoms with Crippen LogP contribution >= 0.6 is 11.6 Å². The molecule has 2 saturated carbocycles. The summed E-state index contributed by atoms with van der Waals surface area (Å²) < 4.78 is 39.4. The molecule has 2 fully saturated rings. The molecule has 2 atom stereocenters. The Kier molecular flexibility index (Phi) is 14.9. The van der Waals surface area contributed by atoms with Crippen molar-refractivity contribution in [3.8, 4) is 0 Å². The topological polar surface area (TPSA) is 52.6 Å². The molecule has 0 N–H and O–H groups in total. The lowest BCUT2D eigenvalue weighted by atomic mass is 9.80. The molecule has 41 heavy (non-hydrogen) atoms. The number of carbonyl (C=O) groups excluding carboxylic acids is 2. The standard InChI is InChI=1S/C34H51ClF2O4/c1-3-5-7-9-11-31(36)33(38)40-27-18-13-24(14-19-27)26-17-22-29(30(35)23-26)25-15-20-28(21-16-25)41-34(39)32(37)12-10-8-6-4-2/h17,22-25,27-28,31-32H,3-16,18-21H2,1-2H3. The van der Waals surface area contributed by atoms with Crippen LogP contribution in [0, 0.1) is 0 Å². The summed E-state index contributed by atoms with van der Waals surface area (Å²) in [5, 5.41) is 0.760. The average Bonchev–Trinajstić information content (AvgIpc) is 2.98. The van der Waals surface area contributed by atoms with E-state index in [1.807, 2.05) is 0 Å². The van der Waals surface area contributed by atoms with Gasteiger partial charge in [-0.15, -0.1) is 0 Å². The molecule has 1 aromatic carbocycles. The van der Waals surface area contributed by atoms with Crippen LogP contribution in [-0.4, -0.2) is 36.5 Å². The third kappa shape index (κ3) is 11.1. The second kappa shape index (κ2) is 18.1. The van der Waals surface area contributed by atoms with Crippen LogP contribution in [0.2, 0.25) is 5.02 Å². The number of unbranched alkanes of at least 4 members (excludes halogenated alkanes) is 6. The van der Waals surface area contributed by atoms with Crippen LogP contribution in [0.4, 0.5) is 8.78 Å². The fraction of sp³-hybridized carbons (Fsp3) is 0.765. The van der Waals surface area contributed by atoms with Gasteiger partial charge in [-0.1, -0.05) is 76.1 Å². The zero-order chi connectivity index (χ0) is 29.6. The number of rotatable bonds is 16. The van der Waals surface area contributed by atoms with E-state index in [0.717, 1.165) is 113 Å². The molecule has 2 unspecified atom stereocenters. The van der Waals surface area contributed by atoms with E-state index >= 15 is 0 Å². The van der Waals surface area contributed by atoms with Crippen LogP contribution < -0.4 is 0 Å². The molecule has 4 nitrogen and oxygen atoms in total. The molecule has 2 aliphatic carbocycles. The number of hydrogen-bond acceptors (Lipinski definition) is 4. The fourth-order valence-electron chi connectivity index (χ4n) is 6.35. The van der Waals surface area contributed by atoms with E-state index in [-0.39, 0.29) is 25.0 Å². The Balaban J connectivity index is 1.39. The van der Waals surface area contributed by atoms with Gasteiger partial charge >= 0.3 is 11.9 Å². The molecular formula is C34H51ClF2O4. The predicted molar refractivity (Wildman–Crippen MR) is 161 cm³/mol. The number of hydrogen-bond donors (Lipinski definition) is 0. The van der Waals surface area contributed by atoms with E-state index < -0.39 is 24.3 Å². The SMILES string of the molecule is CCCCCCC(F)C(=O)OC1CCC(c2ccc(C3CCC(OC(=O)C(F)CCCCCC)CC3)c(Cl)c2)CC1. The van der Waals surface area contributed by atoms with Crippen molar-refractivity contribution in [3.05, 3.63) is 34.3 Å². The van der Waals surface area contributed by atoms with Crippen molar-refractivity contribution < 1.29 is 27.8 Å². The van der Waals surface area contributed by atoms with Crippen LogP contribution in [0.5, 0.6) is 0 Å². The van der Waals surface area contributed by atoms with Gasteiger partial charge in [-0.3, -0.25) is 0 Å². The molecule has 0 spiro atoms. The molecule has 0 heterocycles. The number of halogens is 3. The Morgan fingerprint density at radius 3 is 1.63 bits per heavy atom. The smallest absolute Gasteiger partial charge is 0.340 e. The lowest BCUT2D eigenvalue weighted by Crippen LogP contribution is -2.28. The maximum absolute atomic E-state index is 14.2. The lowest BCUT2D eigenvalue weighted by Gasteiger charge is -2.31. The minimum atomic E-state index is -1.52. The van der Waals surface area contributed by atoms with E-state index in [9.17, 15) is 18.4 Å². The Morgan fingerprint density at radius 2 is 1.20 bits per heavy atom. The highest BCUT2D eigenvalue weighted by Gasteiger charge is 2.30. The Bertz CT molecular complexity index is 925. The normalized spacial score (nSPS) is 24.4. The maximum Gasteiger partial charge on any atom is 0.340 e. The van der Waals surface area contributed by atoms with Gasteiger partial charge in [-0.25, -0.2) is 18.4 Å². The zero-order valence-electron chi connectivity index (χ0n) is 25.2. The fourth-order valence-corrected chi connectivity index (χ4v) is 6.69. The minimum absolute atomic E-state index is 0.208. The van der Waals surface area contributed by atoms with Crippen molar-refractivity contribution in [2.45, 2.75) is 166 Å². The second-order valence-corrected chi connectivity index (χ2v) is 12.6. The van der Waals surface area contributed by atoms with E-state index in [1.54, 1.807) is 0 Å². The van der Waals surface area contributed by atoms with Crippen molar-refractivity contribution in [1.29, 1.82) is 0 Å². The summed E-state index contributed by atoms with van der Waals surface area (Å²) in [5.74, 6) is -0.762. The number of benzene rings is 1. The molecule has 0 amide bonds. The third-order valence-corrected chi connectivity index (χ3v) is 9.31. The molecule has 0 radical (unpaired) electrons. The largest absolute Gasteiger partial charge is 0.460 e. The van der Waals surface area contributed by atoms with Crippen LogP contribution in [0.3, 0.4) is 0 Å². The van der Waals surface area contributed by atoms with E-state index in [1.165, 1.54) is 5.56 Å². The molecule has 1 aromatic rings. The van der Waals surface area contributed by atoms with Gasteiger partial charge in [0.1, 0.15) is 12.2 Å². The van der Waals surface area contributed by atoms with Gasteiger partial charge in [0.15, 0.2) is 12.3 Å². The highest BCUT2D eigenvalue weighted by molar-refractivity contribution is 6.31. The first kappa shape index (κ1) is 33.8. The summed E-state index contributed by atoms with van der Waals surface area (Å²) in [6, 6.07) is 6.35. The number of alkyl halides is 2. The summed E-state index contributed by atoms with van der Waals surface area (Å²) in [6.07, 6.45) is 11.1. The van der Waals surface area contributed by atoms with Crippen molar-refractivity contribution in [3.63, 3.8) is 0 Å². The highest BCUT2D eigenvalue weighted by atomic mass is 35.5. The Morgan fingerprint density at radius 1 is 0.732 bits per heavy atom.